The molecule has 7 nitrogen and oxygen atoms in total. The summed E-state index contributed by atoms with van der Waals surface area (Å²) >= 11 is 1.62. The van der Waals surface area contributed by atoms with Crippen LogP contribution < -0.4 is 4.90 Å². The number of amides is 3. The number of aryl methyl sites for hydroxylation is 2. The molecule has 2 saturated heterocycles. The van der Waals surface area contributed by atoms with E-state index in [4.69, 9.17) is 0 Å². The lowest BCUT2D eigenvalue weighted by Crippen LogP contribution is -2.53. The molecule has 198 valence electrons. The number of hydrogen-bond acceptors (Lipinski definition) is 5. The van der Waals surface area contributed by atoms with Crippen molar-refractivity contribution in [2.24, 2.45) is 11.8 Å². The molecule has 8 heteroatoms. The van der Waals surface area contributed by atoms with Crippen molar-refractivity contribution in [1.29, 1.82) is 0 Å². The highest BCUT2D eigenvalue weighted by Gasteiger charge is 2.70. The fourth-order valence-corrected chi connectivity index (χ4v) is 8.53. The molecule has 1 N–H and O–H groups in total. The summed E-state index contributed by atoms with van der Waals surface area (Å²) in [6.45, 7) is 8.15. The number of likely N-dealkylation sites (tertiary alicyclic amines) is 1. The van der Waals surface area contributed by atoms with Crippen LogP contribution in [-0.4, -0.2) is 81.5 Å². The van der Waals surface area contributed by atoms with E-state index in [2.05, 4.69) is 19.1 Å². The van der Waals surface area contributed by atoms with Gasteiger partial charge in [0, 0.05) is 43.7 Å². The van der Waals surface area contributed by atoms with Crippen LogP contribution in [0.2, 0.25) is 0 Å². The monoisotopic (exact) mass is 523 g/mol. The summed E-state index contributed by atoms with van der Waals surface area (Å²) in [5.74, 6) is -1.26. The molecule has 0 bridgehead atoms. The van der Waals surface area contributed by atoms with Crippen molar-refractivity contribution in [2.75, 3.05) is 37.7 Å². The van der Waals surface area contributed by atoms with E-state index >= 15 is 0 Å². The number of rotatable bonds is 7. The van der Waals surface area contributed by atoms with Crippen molar-refractivity contribution in [3.63, 3.8) is 0 Å². The molecule has 0 saturated carbocycles. The second-order valence-corrected chi connectivity index (χ2v) is 12.1. The maximum atomic E-state index is 14.5. The van der Waals surface area contributed by atoms with Gasteiger partial charge in [0.1, 0.15) is 6.04 Å². The quantitative estimate of drug-likeness (QED) is 0.439. The average Bonchev–Trinajstić information content (AvgIpc) is 3.18. The minimum atomic E-state index is -0.801. The number of benzene rings is 1. The maximum Gasteiger partial charge on any atom is 0.251 e. The normalized spacial score (nSPS) is 30.9. The van der Waals surface area contributed by atoms with Crippen LogP contribution in [0.5, 0.6) is 0 Å². The Labute approximate surface area is 223 Å². The van der Waals surface area contributed by atoms with Crippen molar-refractivity contribution >= 4 is 35.2 Å². The molecule has 4 heterocycles. The van der Waals surface area contributed by atoms with E-state index in [0.717, 1.165) is 23.2 Å². The number of carbonyl (C=O) groups excluding carboxylic acids is 3. The number of thioether (sulfide) groups is 1. The number of nitrogens with zero attached hydrogens (tertiary/aromatic N) is 3. The zero-order valence-electron chi connectivity index (χ0n) is 21.9. The third-order valence-electron chi connectivity index (χ3n) is 8.20. The topological polar surface area (TPSA) is 81.2 Å². The van der Waals surface area contributed by atoms with Crippen LogP contribution in [0.25, 0.3) is 0 Å². The van der Waals surface area contributed by atoms with Gasteiger partial charge in [-0.3, -0.25) is 14.4 Å². The van der Waals surface area contributed by atoms with Crippen molar-refractivity contribution in [3.05, 3.63) is 53.6 Å². The van der Waals surface area contributed by atoms with E-state index < -0.39 is 22.6 Å². The molecule has 5 rings (SSSR count). The van der Waals surface area contributed by atoms with E-state index in [-0.39, 0.29) is 29.6 Å². The first-order valence-corrected chi connectivity index (χ1v) is 14.3. The molecule has 4 aliphatic heterocycles. The molecule has 0 aromatic heterocycles. The minimum absolute atomic E-state index is 0.0204. The second-order valence-electron chi connectivity index (χ2n) is 10.7. The molecule has 0 radical (unpaired) electrons. The van der Waals surface area contributed by atoms with Crippen molar-refractivity contribution in [1.82, 2.24) is 9.80 Å². The van der Waals surface area contributed by atoms with Gasteiger partial charge in [-0.15, -0.1) is 11.8 Å². The van der Waals surface area contributed by atoms with Crippen LogP contribution in [0, 0.1) is 25.7 Å². The van der Waals surface area contributed by atoms with Crippen LogP contribution >= 0.6 is 11.8 Å². The predicted octanol–water partition coefficient (Wildman–Crippen LogP) is 3.08. The van der Waals surface area contributed by atoms with Gasteiger partial charge in [0.25, 0.3) is 5.91 Å². The van der Waals surface area contributed by atoms with Crippen LogP contribution in [0.15, 0.2) is 42.5 Å². The van der Waals surface area contributed by atoms with Crippen molar-refractivity contribution in [2.45, 2.75) is 56.1 Å². The molecule has 1 aromatic carbocycles. The molecule has 1 unspecified atom stereocenters. The van der Waals surface area contributed by atoms with E-state index in [0.29, 0.717) is 39.0 Å². The molecule has 37 heavy (non-hydrogen) atoms. The number of unbranched alkanes of at least 4 members (excludes halogenated alkanes) is 1. The lowest BCUT2D eigenvalue weighted by atomic mass is 9.78. The van der Waals surface area contributed by atoms with Crippen molar-refractivity contribution in [3.8, 4) is 0 Å². The summed E-state index contributed by atoms with van der Waals surface area (Å²) in [6.07, 6.45) is 10.2. The molecule has 1 aromatic rings. The van der Waals surface area contributed by atoms with Gasteiger partial charge in [-0.25, -0.2) is 0 Å². The number of aliphatic hydroxyl groups excluding tert-OH is 1. The summed E-state index contributed by atoms with van der Waals surface area (Å²) < 4.78 is -0.801. The second kappa shape index (κ2) is 10.3. The van der Waals surface area contributed by atoms with Crippen LogP contribution in [-0.2, 0) is 14.4 Å². The summed E-state index contributed by atoms with van der Waals surface area (Å²) in [4.78, 5) is 47.9. The summed E-state index contributed by atoms with van der Waals surface area (Å²) in [6, 6.07) is 5.40. The van der Waals surface area contributed by atoms with Gasteiger partial charge in [0.05, 0.1) is 16.6 Å². The highest BCUT2D eigenvalue weighted by Crippen LogP contribution is 2.61. The minimum Gasteiger partial charge on any atom is -0.396 e. The summed E-state index contributed by atoms with van der Waals surface area (Å²) in [5.41, 5.74) is 2.94. The molecule has 4 aliphatic rings. The van der Waals surface area contributed by atoms with Gasteiger partial charge in [-0.1, -0.05) is 43.4 Å². The zero-order valence-corrected chi connectivity index (χ0v) is 22.7. The van der Waals surface area contributed by atoms with Gasteiger partial charge in [-0.05, 0) is 50.3 Å². The maximum absolute atomic E-state index is 14.5. The third-order valence-corrected chi connectivity index (χ3v) is 9.94. The standard InChI is InChI=1S/C29H37N3O4S/c1-4-13-30-14-7-9-22-23(26(30)34)24-27(35)32(15-5-6-17-33)25-28(36)31(16-8-12-29(24,25)37-22)21-18-19(2)10-11-20(21)3/h7-12,18,22-25,33H,4-6,13-17H2,1-3H3/t22-,23+,24-,25?,29-/m0/s1. The molecule has 5 atom stereocenters. The SMILES string of the molecule is CCCN1CC=C[C@@H]2S[C@]34C=CCN(c5cc(C)ccc5C)C(=O)C3N(CCCCO)C(=O)[C@@H]4[C@@H]2C1=O. The van der Waals surface area contributed by atoms with Crippen molar-refractivity contribution < 1.29 is 19.5 Å². The van der Waals surface area contributed by atoms with Crippen LogP contribution in [0.4, 0.5) is 5.69 Å². The fraction of sp³-hybridized carbons (Fsp3) is 0.552. The number of fused-ring (bicyclic) bond motifs is 2. The Hall–Kier alpha value is -2.58. The number of carbonyl (C=O) groups is 3. The van der Waals surface area contributed by atoms with Gasteiger partial charge < -0.3 is 19.8 Å². The molecule has 0 aliphatic carbocycles. The Morgan fingerprint density at radius 1 is 1.03 bits per heavy atom. The highest BCUT2D eigenvalue weighted by molar-refractivity contribution is 8.02. The smallest absolute Gasteiger partial charge is 0.251 e. The van der Waals surface area contributed by atoms with E-state index in [1.165, 1.54) is 0 Å². The average molecular weight is 524 g/mol. The van der Waals surface area contributed by atoms with E-state index in [1.807, 2.05) is 54.0 Å². The first kappa shape index (κ1) is 26.0. The first-order valence-electron chi connectivity index (χ1n) is 13.4. The Kier molecular flexibility index (Phi) is 7.24. The summed E-state index contributed by atoms with van der Waals surface area (Å²) in [5, 5.41) is 9.25. The molecule has 2 fully saturated rings. The van der Waals surface area contributed by atoms with Crippen LogP contribution in [0.3, 0.4) is 0 Å². The van der Waals surface area contributed by atoms with Crippen LogP contribution in [0.1, 0.15) is 37.3 Å². The Morgan fingerprint density at radius 2 is 1.84 bits per heavy atom. The van der Waals surface area contributed by atoms with Gasteiger partial charge >= 0.3 is 0 Å². The number of anilines is 1. The first-order chi connectivity index (χ1) is 17.8. The Balaban J connectivity index is 1.59. The Bertz CT molecular complexity index is 1150. The summed E-state index contributed by atoms with van der Waals surface area (Å²) in [7, 11) is 0. The highest BCUT2D eigenvalue weighted by atomic mass is 32.2. The number of aliphatic hydroxyl groups is 1. The lowest BCUT2D eigenvalue weighted by Gasteiger charge is -2.35. The van der Waals surface area contributed by atoms with Gasteiger partial charge in [0.15, 0.2) is 0 Å². The Morgan fingerprint density at radius 3 is 2.59 bits per heavy atom. The lowest BCUT2D eigenvalue weighted by molar-refractivity contribution is -0.142. The molecular formula is C29H37N3O4S. The fourth-order valence-electron chi connectivity index (χ4n) is 6.52. The largest absolute Gasteiger partial charge is 0.396 e. The molecular weight excluding hydrogens is 486 g/mol. The molecule has 1 spiro atoms. The molecule has 3 amide bonds. The van der Waals surface area contributed by atoms with E-state index in [1.54, 1.807) is 16.7 Å². The number of hydrogen-bond donors (Lipinski definition) is 1. The van der Waals surface area contributed by atoms with Gasteiger partial charge in [0.2, 0.25) is 11.8 Å². The predicted molar refractivity (Wildman–Crippen MR) is 146 cm³/mol. The zero-order chi connectivity index (χ0) is 26.3. The third kappa shape index (κ3) is 4.22. The van der Waals surface area contributed by atoms with Gasteiger partial charge in [-0.2, -0.15) is 0 Å². The van der Waals surface area contributed by atoms with E-state index in [9.17, 15) is 19.5 Å².